The van der Waals surface area contributed by atoms with E-state index < -0.39 is 5.97 Å². The monoisotopic (exact) mass is 341 g/mol. The molecule has 1 aromatic heterocycles. The van der Waals surface area contributed by atoms with Crippen LogP contribution in [-0.4, -0.2) is 13.1 Å². The largest absolute Gasteiger partial charge is 0.494 e. The van der Waals surface area contributed by atoms with E-state index in [0.29, 0.717) is 17.0 Å². The lowest BCUT2D eigenvalue weighted by molar-refractivity contribution is 0.0473. The Morgan fingerprint density at radius 1 is 1.47 bits per heavy atom. The number of hydrogen-bond acceptors (Lipinski definition) is 5. The summed E-state index contributed by atoms with van der Waals surface area (Å²) in [6.07, 6.45) is 0. The third-order valence-corrected chi connectivity index (χ3v) is 4.11. The number of esters is 1. The van der Waals surface area contributed by atoms with Crippen LogP contribution in [0.4, 0.5) is 5.69 Å². The van der Waals surface area contributed by atoms with Gasteiger partial charge in [0, 0.05) is 14.7 Å². The minimum atomic E-state index is -0.450. The normalized spacial score (nSPS) is 10.2. The van der Waals surface area contributed by atoms with Gasteiger partial charge in [-0.1, -0.05) is 6.07 Å². The van der Waals surface area contributed by atoms with Crippen LogP contribution in [0.2, 0.25) is 0 Å². The molecule has 19 heavy (non-hydrogen) atoms. The van der Waals surface area contributed by atoms with Crippen molar-refractivity contribution < 1.29 is 14.3 Å². The zero-order chi connectivity index (χ0) is 13.8. The maximum absolute atomic E-state index is 12.0. The van der Waals surface area contributed by atoms with Gasteiger partial charge in [-0.25, -0.2) is 4.79 Å². The Balaban J connectivity index is 2.10. The zero-order valence-corrected chi connectivity index (χ0v) is 12.6. The standard InChI is InChI=1S/C13H12BrNO3S/c1-17-12-10(3-2-4-11(12)15)13(16)18-6-9-5-8(14)7-19-9/h2-5,7H,6,15H2,1H3. The van der Waals surface area contributed by atoms with Crippen LogP contribution in [0.3, 0.4) is 0 Å². The van der Waals surface area contributed by atoms with E-state index in [2.05, 4.69) is 15.9 Å². The Labute approximate surface area is 123 Å². The molecule has 0 unspecified atom stereocenters. The highest BCUT2D eigenvalue weighted by molar-refractivity contribution is 9.10. The van der Waals surface area contributed by atoms with E-state index in [1.807, 2.05) is 11.4 Å². The van der Waals surface area contributed by atoms with E-state index in [1.165, 1.54) is 18.4 Å². The number of thiophene rings is 1. The number of benzene rings is 1. The lowest BCUT2D eigenvalue weighted by Crippen LogP contribution is -2.08. The second kappa shape index (κ2) is 6.08. The summed E-state index contributed by atoms with van der Waals surface area (Å²) in [6, 6.07) is 6.90. The van der Waals surface area contributed by atoms with E-state index in [-0.39, 0.29) is 6.61 Å². The quantitative estimate of drug-likeness (QED) is 0.683. The molecule has 2 rings (SSSR count). The van der Waals surface area contributed by atoms with Crippen LogP contribution in [0.25, 0.3) is 0 Å². The van der Waals surface area contributed by atoms with Crippen LogP contribution < -0.4 is 10.5 Å². The smallest absolute Gasteiger partial charge is 0.342 e. The fourth-order valence-electron chi connectivity index (χ4n) is 1.59. The lowest BCUT2D eigenvalue weighted by atomic mass is 10.2. The highest BCUT2D eigenvalue weighted by atomic mass is 79.9. The maximum atomic E-state index is 12.0. The third kappa shape index (κ3) is 3.27. The first-order valence-corrected chi connectivity index (χ1v) is 7.11. The van der Waals surface area contributed by atoms with E-state index in [4.69, 9.17) is 15.2 Å². The summed E-state index contributed by atoms with van der Waals surface area (Å²) < 4.78 is 11.3. The Morgan fingerprint density at radius 2 is 2.26 bits per heavy atom. The molecule has 0 bridgehead atoms. The molecule has 1 heterocycles. The lowest BCUT2D eigenvalue weighted by Gasteiger charge is -2.10. The molecule has 0 atom stereocenters. The fourth-order valence-corrected chi connectivity index (χ4v) is 2.95. The van der Waals surface area contributed by atoms with Crippen LogP contribution >= 0.6 is 27.3 Å². The van der Waals surface area contributed by atoms with Gasteiger partial charge in [-0.3, -0.25) is 0 Å². The van der Waals surface area contributed by atoms with Crippen molar-refractivity contribution in [2.45, 2.75) is 6.61 Å². The van der Waals surface area contributed by atoms with Crippen LogP contribution in [-0.2, 0) is 11.3 Å². The number of carbonyl (C=O) groups excluding carboxylic acids is 1. The fraction of sp³-hybridized carbons (Fsp3) is 0.154. The van der Waals surface area contributed by atoms with E-state index >= 15 is 0 Å². The van der Waals surface area contributed by atoms with Crippen molar-refractivity contribution in [1.82, 2.24) is 0 Å². The highest BCUT2D eigenvalue weighted by Crippen LogP contribution is 2.27. The molecule has 1 aromatic carbocycles. The molecular formula is C13H12BrNO3S. The average molecular weight is 342 g/mol. The first-order chi connectivity index (χ1) is 9.11. The van der Waals surface area contributed by atoms with Crippen LogP contribution in [0.1, 0.15) is 15.2 Å². The zero-order valence-electron chi connectivity index (χ0n) is 10.2. The van der Waals surface area contributed by atoms with Crippen molar-refractivity contribution >= 4 is 38.9 Å². The first-order valence-electron chi connectivity index (χ1n) is 5.44. The molecular weight excluding hydrogens is 330 g/mol. The van der Waals surface area contributed by atoms with Crippen molar-refractivity contribution in [2.75, 3.05) is 12.8 Å². The minimum Gasteiger partial charge on any atom is -0.494 e. The number of methoxy groups -OCH3 is 1. The molecule has 6 heteroatoms. The molecule has 0 saturated carbocycles. The van der Waals surface area contributed by atoms with Gasteiger partial charge in [-0.05, 0) is 34.1 Å². The Kier molecular flexibility index (Phi) is 4.44. The molecule has 4 nitrogen and oxygen atoms in total. The van der Waals surface area contributed by atoms with E-state index in [1.54, 1.807) is 18.2 Å². The molecule has 0 aliphatic rings. The van der Waals surface area contributed by atoms with Crippen molar-refractivity contribution in [3.8, 4) is 5.75 Å². The number of carbonyl (C=O) groups is 1. The summed E-state index contributed by atoms with van der Waals surface area (Å²) in [6.45, 7) is 0.229. The summed E-state index contributed by atoms with van der Waals surface area (Å²) >= 11 is 4.87. The Bertz CT molecular complexity index is 597. The third-order valence-electron chi connectivity index (χ3n) is 2.44. The molecule has 0 saturated heterocycles. The minimum absolute atomic E-state index is 0.229. The maximum Gasteiger partial charge on any atom is 0.342 e. The van der Waals surface area contributed by atoms with Gasteiger partial charge in [0.05, 0.1) is 12.8 Å². The molecule has 100 valence electrons. The molecule has 2 aromatic rings. The Morgan fingerprint density at radius 3 is 2.89 bits per heavy atom. The number of para-hydroxylation sites is 1. The second-order valence-corrected chi connectivity index (χ2v) is 5.65. The molecule has 0 aliphatic carbocycles. The van der Waals surface area contributed by atoms with Crippen molar-refractivity contribution in [2.24, 2.45) is 0 Å². The molecule has 0 fully saturated rings. The summed E-state index contributed by atoms with van der Waals surface area (Å²) in [5.41, 5.74) is 6.49. The SMILES string of the molecule is COc1c(N)cccc1C(=O)OCc1cc(Br)cs1. The average Bonchev–Trinajstić information content (AvgIpc) is 2.81. The Hall–Kier alpha value is -1.53. The summed E-state index contributed by atoms with van der Waals surface area (Å²) in [5.74, 6) is -0.103. The van der Waals surface area contributed by atoms with Gasteiger partial charge >= 0.3 is 5.97 Å². The summed E-state index contributed by atoms with van der Waals surface area (Å²) in [7, 11) is 1.47. The number of nitrogen functional groups attached to an aromatic ring is 1. The number of anilines is 1. The van der Waals surface area contributed by atoms with E-state index in [0.717, 1.165) is 9.35 Å². The molecule has 0 aliphatic heterocycles. The van der Waals surface area contributed by atoms with Gasteiger partial charge in [0.1, 0.15) is 12.2 Å². The van der Waals surface area contributed by atoms with Crippen molar-refractivity contribution in [1.29, 1.82) is 0 Å². The number of rotatable bonds is 4. The predicted molar refractivity (Wildman–Crippen MR) is 78.5 cm³/mol. The number of ether oxygens (including phenoxy) is 2. The van der Waals surface area contributed by atoms with Crippen LogP contribution in [0.15, 0.2) is 34.1 Å². The van der Waals surface area contributed by atoms with Crippen molar-refractivity contribution in [3.05, 3.63) is 44.6 Å². The highest BCUT2D eigenvalue weighted by Gasteiger charge is 2.16. The number of nitrogens with two attached hydrogens (primary N) is 1. The van der Waals surface area contributed by atoms with Gasteiger partial charge in [0.2, 0.25) is 0 Å². The van der Waals surface area contributed by atoms with Gasteiger partial charge < -0.3 is 15.2 Å². The van der Waals surface area contributed by atoms with Gasteiger partial charge in [-0.2, -0.15) is 0 Å². The molecule has 0 radical (unpaired) electrons. The predicted octanol–water partition coefficient (Wildman–Crippen LogP) is 3.46. The topological polar surface area (TPSA) is 61.5 Å². The first kappa shape index (κ1) is 13.9. The van der Waals surface area contributed by atoms with Crippen LogP contribution in [0.5, 0.6) is 5.75 Å². The summed E-state index contributed by atoms with van der Waals surface area (Å²) in [4.78, 5) is 13.0. The summed E-state index contributed by atoms with van der Waals surface area (Å²) in [5, 5.41) is 1.93. The molecule has 0 amide bonds. The van der Waals surface area contributed by atoms with E-state index in [9.17, 15) is 4.79 Å². The molecule has 0 spiro atoms. The number of halogens is 1. The molecule has 2 N–H and O–H groups in total. The van der Waals surface area contributed by atoms with Gasteiger partial charge in [0.25, 0.3) is 0 Å². The van der Waals surface area contributed by atoms with Crippen LogP contribution in [0, 0.1) is 0 Å². The van der Waals surface area contributed by atoms with Crippen molar-refractivity contribution in [3.63, 3.8) is 0 Å². The number of hydrogen-bond donors (Lipinski definition) is 1. The second-order valence-electron chi connectivity index (χ2n) is 3.74. The van der Waals surface area contributed by atoms with Gasteiger partial charge in [0.15, 0.2) is 5.75 Å². The van der Waals surface area contributed by atoms with Gasteiger partial charge in [-0.15, -0.1) is 11.3 Å².